The Labute approximate surface area is 177 Å². The van der Waals surface area contributed by atoms with Gasteiger partial charge in [-0.2, -0.15) is 0 Å². The number of likely N-dealkylation sites (tertiary alicyclic amines) is 1. The lowest BCUT2D eigenvalue weighted by molar-refractivity contribution is -0.122. The molecule has 6 heteroatoms. The van der Waals surface area contributed by atoms with Gasteiger partial charge in [0.1, 0.15) is 17.1 Å². The Morgan fingerprint density at radius 2 is 1.90 bits per heavy atom. The Morgan fingerprint density at radius 3 is 2.57 bits per heavy atom. The zero-order valence-corrected chi connectivity index (χ0v) is 17.9. The van der Waals surface area contributed by atoms with Gasteiger partial charge in [0.05, 0.1) is 0 Å². The van der Waals surface area contributed by atoms with Crippen LogP contribution in [-0.2, 0) is 4.79 Å². The van der Waals surface area contributed by atoms with Crippen LogP contribution in [0.5, 0.6) is 5.75 Å². The van der Waals surface area contributed by atoms with Crippen molar-refractivity contribution in [2.24, 2.45) is 0 Å². The van der Waals surface area contributed by atoms with E-state index in [2.05, 4.69) is 11.4 Å². The van der Waals surface area contributed by atoms with Crippen LogP contribution in [0.3, 0.4) is 0 Å². The minimum absolute atomic E-state index is 0.0676. The molecule has 0 aliphatic carbocycles. The molecule has 3 heterocycles. The van der Waals surface area contributed by atoms with Gasteiger partial charge in [0.15, 0.2) is 5.76 Å². The molecule has 1 N–H and O–H groups in total. The lowest BCUT2D eigenvalue weighted by Crippen LogP contribution is -2.52. The van der Waals surface area contributed by atoms with Crippen molar-refractivity contribution in [1.29, 1.82) is 0 Å². The molecule has 0 bridgehead atoms. The zero-order valence-electron chi connectivity index (χ0n) is 17.9. The van der Waals surface area contributed by atoms with E-state index in [0.717, 1.165) is 36.3 Å². The van der Waals surface area contributed by atoms with Gasteiger partial charge in [-0.05, 0) is 51.0 Å². The maximum absolute atomic E-state index is 12.7. The third kappa shape index (κ3) is 4.23. The molecule has 1 spiro atoms. The van der Waals surface area contributed by atoms with Crippen LogP contribution >= 0.6 is 0 Å². The Bertz CT molecular complexity index is 925. The molecule has 160 valence electrons. The van der Waals surface area contributed by atoms with E-state index in [-0.39, 0.29) is 29.4 Å². The third-order valence-corrected chi connectivity index (χ3v) is 6.10. The minimum Gasteiger partial charge on any atom is -0.487 e. The molecule has 1 fully saturated rings. The number of nitrogens with one attached hydrogen (secondary N) is 1. The van der Waals surface area contributed by atoms with Gasteiger partial charge in [-0.25, -0.2) is 0 Å². The normalized spacial score (nSPS) is 20.0. The summed E-state index contributed by atoms with van der Waals surface area (Å²) in [7, 11) is 0. The van der Waals surface area contributed by atoms with Crippen molar-refractivity contribution in [2.45, 2.75) is 64.0 Å². The Morgan fingerprint density at radius 1 is 1.17 bits per heavy atom. The van der Waals surface area contributed by atoms with Crippen LogP contribution in [0.15, 0.2) is 40.8 Å². The molecule has 0 radical (unpaired) electrons. The number of aryl methyl sites for hydroxylation is 1. The molecule has 1 saturated heterocycles. The first-order valence-corrected chi connectivity index (χ1v) is 10.8. The predicted molar refractivity (Wildman–Crippen MR) is 114 cm³/mol. The summed E-state index contributed by atoms with van der Waals surface area (Å²) < 4.78 is 12.0. The van der Waals surface area contributed by atoms with Gasteiger partial charge in [0.2, 0.25) is 5.91 Å². The van der Waals surface area contributed by atoms with Crippen molar-refractivity contribution in [3.63, 3.8) is 0 Å². The van der Waals surface area contributed by atoms with E-state index in [1.165, 1.54) is 0 Å². The van der Waals surface area contributed by atoms with Crippen LogP contribution in [0.4, 0.5) is 0 Å². The predicted octanol–water partition coefficient (Wildman–Crippen LogP) is 4.04. The Hall–Kier alpha value is -2.76. The Balaban J connectivity index is 1.48. The second-order valence-corrected chi connectivity index (χ2v) is 8.85. The number of carbonyl (C=O) groups excluding carboxylic acids is 2. The monoisotopic (exact) mass is 410 g/mol. The molecule has 0 saturated carbocycles. The summed E-state index contributed by atoms with van der Waals surface area (Å²) in [5.41, 5.74) is 0.763. The van der Waals surface area contributed by atoms with Crippen LogP contribution in [0.2, 0.25) is 0 Å². The molecule has 2 amide bonds. The number of para-hydroxylation sites is 1. The highest BCUT2D eigenvalue weighted by atomic mass is 16.5. The second kappa shape index (κ2) is 8.17. The molecule has 1 aromatic heterocycles. The number of amides is 2. The summed E-state index contributed by atoms with van der Waals surface area (Å²) in [6.45, 7) is 7.03. The molecule has 1 atom stereocenters. The highest BCUT2D eigenvalue weighted by molar-refractivity contribution is 5.91. The van der Waals surface area contributed by atoms with Crippen molar-refractivity contribution in [1.82, 2.24) is 10.2 Å². The molecule has 1 unspecified atom stereocenters. The van der Waals surface area contributed by atoms with Crippen molar-refractivity contribution >= 4 is 11.8 Å². The van der Waals surface area contributed by atoms with Gasteiger partial charge in [-0.15, -0.1) is 0 Å². The van der Waals surface area contributed by atoms with E-state index in [0.29, 0.717) is 25.3 Å². The molecular formula is C24H30N2O4. The summed E-state index contributed by atoms with van der Waals surface area (Å²) in [5.74, 6) is 2.11. The van der Waals surface area contributed by atoms with Crippen LogP contribution in [0.25, 0.3) is 0 Å². The first kappa shape index (κ1) is 20.5. The SMILES string of the molecule is Cc1ccc(C(=O)N2CCC3(CC2)CC(CC(=O)NC(C)C)c2ccccc2O3)o1. The van der Waals surface area contributed by atoms with E-state index in [4.69, 9.17) is 9.15 Å². The average Bonchev–Trinajstić information content (AvgIpc) is 3.14. The molecule has 1 aromatic carbocycles. The van der Waals surface area contributed by atoms with Gasteiger partial charge in [0, 0.05) is 44.3 Å². The van der Waals surface area contributed by atoms with Crippen LogP contribution in [0.1, 0.15) is 67.3 Å². The number of furan rings is 1. The summed E-state index contributed by atoms with van der Waals surface area (Å²) in [5, 5.41) is 3.01. The lowest BCUT2D eigenvalue weighted by Gasteiger charge is -2.46. The number of ether oxygens (including phenoxy) is 1. The van der Waals surface area contributed by atoms with E-state index in [1.807, 2.05) is 49.9 Å². The maximum Gasteiger partial charge on any atom is 0.289 e. The maximum atomic E-state index is 12.7. The summed E-state index contributed by atoms with van der Waals surface area (Å²) in [6.07, 6.45) is 2.73. The molecule has 6 nitrogen and oxygen atoms in total. The van der Waals surface area contributed by atoms with Crippen molar-refractivity contribution in [2.75, 3.05) is 13.1 Å². The minimum atomic E-state index is -0.340. The van der Waals surface area contributed by atoms with E-state index < -0.39 is 0 Å². The second-order valence-electron chi connectivity index (χ2n) is 8.85. The van der Waals surface area contributed by atoms with E-state index in [1.54, 1.807) is 6.07 Å². The fraction of sp³-hybridized carbons (Fsp3) is 0.500. The highest BCUT2D eigenvalue weighted by Crippen LogP contribution is 2.46. The molecule has 2 aromatic rings. The number of carbonyl (C=O) groups is 2. The number of fused-ring (bicyclic) bond motifs is 1. The van der Waals surface area contributed by atoms with E-state index in [9.17, 15) is 9.59 Å². The topological polar surface area (TPSA) is 71.8 Å². The number of benzene rings is 1. The van der Waals surface area contributed by atoms with Gasteiger partial charge >= 0.3 is 0 Å². The summed E-state index contributed by atoms with van der Waals surface area (Å²) >= 11 is 0. The summed E-state index contributed by atoms with van der Waals surface area (Å²) in [4.78, 5) is 27.1. The zero-order chi connectivity index (χ0) is 21.3. The first-order chi connectivity index (χ1) is 14.3. The average molecular weight is 411 g/mol. The van der Waals surface area contributed by atoms with Gasteiger partial charge in [0.25, 0.3) is 5.91 Å². The van der Waals surface area contributed by atoms with E-state index >= 15 is 0 Å². The van der Waals surface area contributed by atoms with Crippen LogP contribution in [-0.4, -0.2) is 41.4 Å². The first-order valence-electron chi connectivity index (χ1n) is 10.8. The molecule has 4 rings (SSSR count). The fourth-order valence-corrected chi connectivity index (χ4v) is 4.66. The van der Waals surface area contributed by atoms with Gasteiger partial charge in [-0.1, -0.05) is 18.2 Å². The standard InChI is InChI=1S/C24H30N2O4/c1-16(2)25-22(27)14-18-15-24(30-20-7-5-4-6-19(18)20)10-12-26(13-11-24)23(28)21-9-8-17(3)29-21/h4-9,16,18H,10-15H2,1-3H3,(H,25,27). The molecule has 2 aliphatic heterocycles. The van der Waals surface area contributed by atoms with Crippen LogP contribution < -0.4 is 10.1 Å². The third-order valence-electron chi connectivity index (χ3n) is 6.10. The van der Waals surface area contributed by atoms with Crippen molar-refractivity contribution in [3.05, 3.63) is 53.5 Å². The number of hydrogen-bond acceptors (Lipinski definition) is 4. The smallest absolute Gasteiger partial charge is 0.289 e. The van der Waals surface area contributed by atoms with Crippen LogP contribution in [0, 0.1) is 6.92 Å². The highest BCUT2D eigenvalue weighted by Gasteiger charge is 2.44. The molecule has 2 aliphatic rings. The number of hydrogen-bond donors (Lipinski definition) is 1. The van der Waals surface area contributed by atoms with Crippen molar-refractivity contribution in [3.8, 4) is 5.75 Å². The molecule has 30 heavy (non-hydrogen) atoms. The van der Waals surface area contributed by atoms with Crippen molar-refractivity contribution < 1.29 is 18.7 Å². The molecular weight excluding hydrogens is 380 g/mol. The van der Waals surface area contributed by atoms with Gasteiger partial charge in [-0.3, -0.25) is 9.59 Å². The largest absolute Gasteiger partial charge is 0.487 e. The lowest BCUT2D eigenvalue weighted by atomic mass is 9.76. The number of nitrogens with zero attached hydrogens (tertiary/aromatic N) is 1. The quantitative estimate of drug-likeness (QED) is 0.826. The Kier molecular flexibility index (Phi) is 5.58. The number of rotatable bonds is 4. The fourth-order valence-electron chi connectivity index (χ4n) is 4.66. The number of piperidine rings is 1. The summed E-state index contributed by atoms with van der Waals surface area (Å²) in [6, 6.07) is 11.7. The van der Waals surface area contributed by atoms with Gasteiger partial charge < -0.3 is 19.4 Å².